The molecule has 1 aromatic rings. The van der Waals surface area contributed by atoms with Crippen LogP contribution in [-0.4, -0.2) is 31.1 Å². The summed E-state index contributed by atoms with van der Waals surface area (Å²) in [6, 6.07) is 4.11. The summed E-state index contributed by atoms with van der Waals surface area (Å²) in [7, 11) is 0. The molecule has 0 radical (unpaired) electrons. The molecular weight excluding hydrogens is 305 g/mol. The van der Waals surface area contributed by atoms with E-state index < -0.39 is 11.6 Å². The molecule has 2 nitrogen and oxygen atoms in total. The third kappa shape index (κ3) is 3.61. The van der Waals surface area contributed by atoms with Gasteiger partial charge in [-0.25, -0.2) is 8.78 Å². The molecule has 6 heteroatoms. The zero-order chi connectivity index (χ0) is 12.5. The van der Waals surface area contributed by atoms with Gasteiger partial charge in [-0.05, 0) is 30.9 Å². The van der Waals surface area contributed by atoms with E-state index in [1.807, 2.05) is 0 Å². The number of hydrogen-bond acceptors (Lipinski definition) is 2. The molecule has 1 heterocycles. The highest BCUT2D eigenvalue weighted by Gasteiger charge is 2.39. The molecule has 1 N–H and O–H groups in total. The molecule has 0 bridgehead atoms. The van der Waals surface area contributed by atoms with Crippen LogP contribution in [0.3, 0.4) is 0 Å². The zero-order valence-corrected chi connectivity index (χ0v) is 12.8. The summed E-state index contributed by atoms with van der Waals surface area (Å²) < 4.78 is 27.9. The molecule has 2 fully saturated rings. The van der Waals surface area contributed by atoms with Gasteiger partial charge in [-0.15, -0.1) is 24.8 Å². The normalized spacial score (nSPS) is 20.7. The maximum atomic E-state index is 14.0. The second-order valence-corrected chi connectivity index (χ2v) is 5.20. The van der Waals surface area contributed by atoms with Gasteiger partial charge in [-0.2, -0.15) is 0 Å². The van der Waals surface area contributed by atoms with Crippen LogP contribution >= 0.6 is 24.8 Å². The molecule has 1 aliphatic carbocycles. The van der Waals surface area contributed by atoms with Crippen LogP contribution in [0.1, 0.15) is 24.4 Å². The third-order valence-corrected chi connectivity index (χ3v) is 3.91. The minimum Gasteiger partial charge on any atom is -0.314 e. The van der Waals surface area contributed by atoms with E-state index in [2.05, 4.69) is 10.2 Å². The van der Waals surface area contributed by atoms with Crippen molar-refractivity contribution in [3.63, 3.8) is 0 Å². The van der Waals surface area contributed by atoms with Crippen LogP contribution in [0.4, 0.5) is 8.78 Å². The van der Waals surface area contributed by atoms with E-state index in [1.165, 1.54) is 18.2 Å². The average Bonchev–Trinajstić information content (AvgIpc) is 3.19. The first-order valence-corrected chi connectivity index (χ1v) is 6.66. The van der Waals surface area contributed by atoms with Gasteiger partial charge in [0.25, 0.3) is 0 Å². The molecule has 3 rings (SSSR count). The van der Waals surface area contributed by atoms with E-state index in [0.29, 0.717) is 5.92 Å². The number of nitrogens with zero attached hydrogens (tertiary/aromatic N) is 1. The first kappa shape index (κ1) is 17.6. The summed E-state index contributed by atoms with van der Waals surface area (Å²) >= 11 is 0. The molecule has 1 saturated heterocycles. The van der Waals surface area contributed by atoms with E-state index >= 15 is 0 Å². The quantitative estimate of drug-likeness (QED) is 0.918. The van der Waals surface area contributed by atoms with Crippen LogP contribution in [0.15, 0.2) is 18.2 Å². The topological polar surface area (TPSA) is 15.3 Å². The Balaban J connectivity index is 0.000001000. The lowest BCUT2D eigenvalue weighted by atomic mass is 9.98. The largest absolute Gasteiger partial charge is 0.314 e. The fourth-order valence-corrected chi connectivity index (χ4v) is 2.88. The first-order valence-electron chi connectivity index (χ1n) is 6.66. The van der Waals surface area contributed by atoms with Crippen molar-refractivity contribution in [3.05, 3.63) is 35.4 Å². The maximum absolute atomic E-state index is 14.0. The Morgan fingerprint density at radius 3 is 2.10 bits per heavy atom. The van der Waals surface area contributed by atoms with Crippen LogP contribution in [0.2, 0.25) is 0 Å². The van der Waals surface area contributed by atoms with Crippen molar-refractivity contribution in [1.82, 2.24) is 10.2 Å². The van der Waals surface area contributed by atoms with Gasteiger partial charge < -0.3 is 5.32 Å². The first-order chi connectivity index (χ1) is 8.77. The Bertz CT molecular complexity index is 415. The van der Waals surface area contributed by atoms with Crippen LogP contribution in [0, 0.1) is 17.6 Å². The van der Waals surface area contributed by atoms with Crippen molar-refractivity contribution in [3.8, 4) is 0 Å². The van der Waals surface area contributed by atoms with Gasteiger partial charge in [0.2, 0.25) is 0 Å². The smallest absolute Gasteiger partial charge is 0.130 e. The molecule has 0 unspecified atom stereocenters. The maximum Gasteiger partial charge on any atom is 0.130 e. The number of halogens is 4. The fraction of sp³-hybridized carbons (Fsp3) is 0.571. The summed E-state index contributed by atoms with van der Waals surface area (Å²) in [6.45, 7) is 3.54. The van der Waals surface area contributed by atoms with Gasteiger partial charge in [0, 0.05) is 37.8 Å². The highest BCUT2D eigenvalue weighted by Crippen LogP contribution is 2.45. The average molecular weight is 325 g/mol. The Kier molecular flexibility index (Phi) is 6.65. The summed E-state index contributed by atoms with van der Waals surface area (Å²) in [5, 5.41) is 3.28. The van der Waals surface area contributed by atoms with E-state index in [0.717, 1.165) is 39.0 Å². The van der Waals surface area contributed by atoms with Crippen molar-refractivity contribution < 1.29 is 8.78 Å². The van der Waals surface area contributed by atoms with Crippen LogP contribution < -0.4 is 5.32 Å². The minimum atomic E-state index is -0.398. The molecule has 2 aliphatic rings. The van der Waals surface area contributed by atoms with Gasteiger partial charge in [0.1, 0.15) is 11.6 Å². The number of piperazine rings is 1. The number of benzene rings is 1. The summed E-state index contributed by atoms with van der Waals surface area (Å²) in [6.07, 6.45) is 2.17. The van der Waals surface area contributed by atoms with Gasteiger partial charge in [-0.3, -0.25) is 4.90 Å². The summed E-state index contributed by atoms with van der Waals surface area (Å²) in [5.41, 5.74) is 0.280. The van der Waals surface area contributed by atoms with Crippen molar-refractivity contribution in [2.24, 2.45) is 5.92 Å². The van der Waals surface area contributed by atoms with Crippen LogP contribution in [0.5, 0.6) is 0 Å². The molecule has 114 valence electrons. The summed E-state index contributed by atoms with van der Waals surface area (Å²) in [5.74, 6) is -0.370. The Labute approximate surface area is 130 Å². The van der Waals surface area contributed by atoms with Crippen molar-refractivity contribution in [2.45, 2.75) is 18.9 Å². The minimum absolute atomic E-state index is 0. The Hall–Kier alpha value is -0.420. The summed E-state index contributed by atoms with van der Waals surface area (Å²) in [4.78, 5) is 2.23. The van der Waals surface area contributed by atoms with Crippen molar-refractivity contribution in [1.29, 1.82) is 0 Å². The Morgan fingerprint density at radius 2 is 1.60 bits per heavy atom. The monoisotopic (exact) mass is 324 g/mol. The molecule has 0 spiro atoms. The molecule has 20 heavy (non-hydrogen) atoms. The molecular formula is C14H20Cl2F2N2. The lowest BCUT2D eigenvalue weighted by Crippen LogP contribution is -2.46. The van der Waals surface area contributed by atoms with Gasteiger partial charge in [0.15, 0.2) is 0 Å². The van der Waals surface area contributed by atoms with Gasteiger partial charge in [0.05, 0.1) is 0 Å². The number of hydrogen-bond donors (Lipinski definition) is 1. The second kappa shape index (κ2) is 7.55. The second-order valence-electron chi connectivity index (χ2n) is 5.20. The van der Waals surface area contributed by atoms with Gasteiger partial charge >= 0.3 is 0 Å². The van der Waals surface area contributed by atoms with Crippen molar-refractivity contribution in [2.75, 3.05) is 26.2 Å². The van der Waals surface area contributed by atoms with Crippen molar-refractivity contribution >= 4 is 24.8 Å². The number of nitrogens with one attached hydrogen (secondary N) is 1. The highest BCUT2D eigenvalue weighted by atomic mass is 35.5. The third-order valence-electron chi connectivity index (χ3n) is 3.91. The standard InChI is InChI=1S/C14H18F2N2.2ClH/c15-11-2-1-3-12(16)13(11)14(10-4-5-10)18-8-6-17-7-9-18;;/h1-3,10,14,17H,4-9H2;2*1H/t14-;;/m0../s1. The van der Waals surface area contributed by atoms with Gasteiger partial charge in [-0.1, -0.05) is 6.07 Å². The lowest BCUT2D eigenvalue weighted by molar-refractivity contribution is 0.149. The molecule has 1 aromatic carbocycles. The van der Waals surface area contributed by atoms with Crippen LogP contribution in [-0.2, 0) is 0 Å². The van der Waals surface area contributed by atoms with Crippen LogP contribution in [0.25, 0.3) is 0 Å². The molecule has 1 aliphatic heterocycles. The van der Waals surface area contributed by atoms with E-state index in [1.54, 1.807) is 0 Å². The van der Waals surface area contributed by atoms with E-state index in [9.17, 15) is 8.78 Å². The predicted molar refractivity (Wildman–Crippen MR) is 80.8 cm³/mol. The SMILES string of the molecule is Cl.Cl.Fc1cccc(F)c1[C@H](C1CC1)N1CCNCC1. The molecule has 1 saturated carbocycles. The fourth-order valence-electron chi connectivity index (χ4n) is 2.88. The predicted octanol–water partition coefficient (Wildman–Crippen LogP) is 3.16. The molecule has 0 aromatic heterocycles. The van der Waals surface area contributed by atoms with E-state index in [-0.39, 0.29) is 36.4 Å². The molecule has 1 atom stereocenters. The lowest BCUT2D eigenvalue weighted by Gasteiger charge is -2.35. The molecule has 0 amide bonds. The zero-order valence-electron chi connectivity index (χ0n) is 11.1. The number of rotatable bonds is 3. The Morgan fingerprint density at radius 1 is 1.05 bits per heavy atom. The highest BCUT2D eigenvalue weighted by molar-refractivity contribution is 5.85. The van der Waals surface area contributed by atoms with E-state index in [4.69, 9.17) is 0 Å².